The Balaban J connectivity index is 1.88. The van der Waals surface area contributed by atoms with Crippen molar-refractivity contribution in [3.63, 3.8) is 0 Å². The van der Waals surface area contributed by atoms with Crippen LogP contribution in [0.4, 0.5) is 9.59 Å². The molecular formula is C23H27NO7. The zero-order valence-electron chi connectivity index (χ0n) is 17.8. The van der Waals surface area contributed by atoms with E-state index in [0.29, 0.717) is 0 Å². The van der Waals surface area contributed by atoms with Crippen molar-refractivity contribution in [2.75, 3.05) is 6.61 Å². The number of benzene rings is 2. The number of hydrogen-bond acceptors (Lipinski definition) is 7. The molecule has 166 valence electrons. The predicted molar refractivity (Wildman–Crippen MR) is 112 cm³/mol. The normalized spacial score (nSPS) is 11.7. The lowest BCUT2D eigenvalue weighted by Crippen LogP contribution is -2.47. The molecular weight excluding hydrogens is 402 g/mol. The van der Waals surface area contributed by atoms with Crippen LogP contribution in [-0.2, 0) is 37.0 Å². The maximum Gasteiger partial charge on any atom is 0.508 e. The highest BCUT2D eigenvalue weighted by molar-refractivity contribution is 5.82. The molecule has 31 heavy (non-hydrogen) atoms. The second kappa shape index (κ2) is 11.6. The quantitative estimate of drug-likeness (QED) is 0.500. The molecule has 8 heteroatoms. The molecule has 1 atom stereocenters. The summed E-state index contributed by atoms with van der Waals surface area (Å²) in [5.41, 5.74) is 0.775. The molecule has 1 N–H and O–H groups in total. The van der Waals surface area contributed by atoms with E-state index in [9.17, 15) is 14.4 Å². The number of rotatable bonds is 8. The smallest absolute Gasteiger partial charge is 0.458 e. The van der Waals surface area contributed by atoms with Gasteiger partial charge in [-0.1, -0.05) is 60.7 Å². The van der Waals surface area contributed by atoms with Gasteiger partial charge in [-0.15, -0.1) is 0 Å². The van der Waals surface area contributed by atoms with Crippen molar-refractivity contribution < 1.29 is 33.3 Å². The van der Waals surface area contributed by atoms with Crippen LogP contribution in [0, 0.1) is 0 Å². The molecule has 8 nitrogen and oxygen atoms in total. The van der Waals surface area contributed by atoms with Gasteiger partial charge in [-0.05, 0) is 31.9 Å². The van der Waals surface area contributed by atoms with E-state index in [1.165, 1.54) is 0 Å². The highest BCUT2D eigenvalue weighted by atomic mass is 16.7. The first kappa shape index (κ1) is 23.7. The number of carbonyl (C=O) groups excluding carboxylic acids is 3. The monoisotopic (exact) mass is 429 g/mol. The van der Waals surface area contributed by atoms with Crippen LogP contribution >= 0.6 is 0 Å². The Kier molecular flexibility index (Phi) is 8.87. The molecule has 2 aromatic carbocycles. The van der Waals surface area contributed by atoms with Gasteiger partial charge in [0.25, 0.3) is 0 Å². The molecule has 0 aliphatic rings. The molecule has 0 saturated heterocycles. The van der Waals surface area contributed by atoms with Gasteiger partial charge in [-0.2, -0.15) is 0 Å². The summed E-state index contributed by atoms with van der Waals surface area (Å²) in [6.45, 7) is 4.62. The van der Waals surface area contributed by atoms with Gasteiger partial charge < -0.3 is 24.3 Å². The predicted octanol–water partition coefficient (Wildman–Crippen LogP) is 3.98. The van der Waals surface area contributed by atoms with Crippen LogP contribution in [0.15, 0.2) is 60.7 Å². The Morgan fingerprint density at radius 1 is 0.806 bits per heavy atom. The Labute approximate surface area is 181 Å². The highest BCUT2D eigenvalue weighted by Gasteiger charge is 2.29. The van der Waals surface area contributed by atoms with Crippen molar-refractivity contribution in [3.8, 4) is 0 Å². The van der Waals surface area contributed by atoms with E-state index in [1.807, 2.05) is 36.4 Å². The average molecular weight is 429 g/mol. The molecule has 0 unspecified atom stereocenters. The molecule has 0 fully saturated rings. The molecule has 0 saturated carbocycles. The van der Waals surface area contributed by atoms with Gasteiger partial charge in [0.2, 0.25) is 0 Å². The van der Waals surface area contributed by atoms with E-state index >= 15 is 0 Å². The summed E-state index contributed by atoms with van der Waals surface area (Å²) in [6.07, 6.45) is -1.82. The van der Waals surface area contributed by atoms with E-state index in [4.69, 9.17) is 18.9 Å². The molecule has 2 aromatic rings. The second-order valence-corrected chi connectivity index (χ2v) is 7.63. The fourth-order valence-corrected chi connectivity index (χ4v) is 2.36. The minimum absolute atomic E-state index is 0.0172. The van der Waals surface area contributed by atoms with Gasteiger partial charge in [0.1, 0.15) is 25.4 Å². The first-order valence-corrected chi connectivity index (χ1v) is 9.76. The summed E-state index contributed by atoms with van der Waals surface area (Å²) in [6, 6.07) is 16.9. The van der Waals surface area contributed by atoms with Crippen molar-refractivity contribution in [2.24, 2.45) is 0 Å². The van der Waals surface area contributed by atoms with Crippen molar-refractivity contribution in [2.45, 2.75) is 45.6 Å². The first-order chi connectivity index (χ1) is 14.7. The number of amides is 1. The van der Waals surface area contributed by atoms with E-state index < -0.39 is 36.5 Å². The summed E-state index contributed by atoms with van der Waals surface area (Å²) >= 11 is 0. The van der Waals surface area contributed by atoms with Gasteiger partial charge in [-0.3, -0.25) is 0 Å². The third-order valence-electron chi connectivity index (χ3n) is 3.76. The zero-order chi connectivity index (χ0) is 22.7. The third-order valence-corrected chi connectivity index (χ3v) is 3.76. The van der Waals surface area contributed by atoms with Gasteiger partial charge in [0.15, 0.2) is 6.04 Å². The van der Waals surface area contributed by atoms with Gasteiger partial charge in [-0.25, -0.2) is 14.4 Å². The van der Waals surface area contributed by atoms with Crippen LogP contribution in [0.25, 0.3) is 0 Å². The zero-order valence-corrected chi connectivity index (χ0v) is 17.8. The number of ether oxygens (including phenoxy) is 4. The lowest BCUT2D eigenvalue weighted by Gasteiger charge is -2.24. The lowest BCUT2D eigenvalue weighted by molar-refractivity contribution is -0.158. The van der Waals surface area contributed by atoms with Gasteiger partial charge >= 0.3 is 18.2 Å². The van der Waals surface area contributed by atoms with Gasteiger partial charge in [0, 0.05) is 0 Å². The Morgan fingerprint density at radius 3 is 1.84 bits per heavy atom. The molecule has 0 aromatic heterocycles. The minimum atomic E-state index is -1.26. The fourth-order valence-electron chi connectivity index (χ4n) is 2.36. The SMILES string of the molecule is CC(C)(C)OC(=O)[C@H](COC(=O)OCc1ccccc1)NC(=O)OCc1ccccc1. The second-order valence-electron chi connectivity index (χ2n) is 7.63. The minimum Gasteiger partial charge on any atom is -0.458 e. The topological polar surface area (TPSA) is 100 Å². The van der Waals surface area contributed by atoms with E-state index in [0.717, 1.165) is 11.1 Å². The van der Waals surface area contributed by atoms with Crippen molar-refractivity contribution in [3.05, 3.63) is 71.8 Å². The summed E-state index contributed by atoms with van der Waals surface area (Å²) in [7, 11) is 0. The summed E-state index contributed by atoms with van der Waals surface area (Å²) in [5.74, 6) is -0.764. The van der Waals surface area contributed by atoms with E-state index in [2.05, 4.69) is 5.32 Å². The summed E-state index contributed by atoms with van der Waals surface area (Å²) in [4.78, 5) is 36.5. The highest BCUT2D eigenvalue weighted by Crippen LogP contribution is 2.10. The van der Waals surface area contributed by atoms with Crippen LogP contribution < -0.4 is 5.32 Å². The fraction of sp³-hybridized carbons (Fsp3) is 0.348. The molecule has 2 rings (SSSR count). The van der Waals surface area contributed by atoms with E-state index in [-0.39, 0.29) is 13.2 Å². The maximum absolute atomic E-state index is 12.4. The summed E-state index contributed by atoms with van der Waals surface area (Å²) < 4.78 is 20.4. The number of alkyl carbamates (subject to hydrolysis) is 1. The van der Waals surface area contributed by atoms with Gasteiger partial charge in [0.05, 0.1) is 0 Å². The van der Waals surface area contributed by atoms with Crippen molar-refractivity contribution in [1.82, 2.24) is 5.32 Å². The molecule has 0 aliphatic carbocycles. The van der Waals surface area contributed by atoms with Crippen LogP contribution in [0.2, 0.25) is 0 Å². The number of nitrogens with one attached hydrogen (secondary N) is 1. The van der Waals surface area contributed by atoms with Crippen molar-refractivity contribution >= 4 is 18.2 Å². The Bertz CT molecular complexity index is 847. The average Bonchev–Trinajstić information content (AvgIpc) is 2.74. The number of hydrogen-bond donors (Lipinski definition) is 1. The molecule has 0 aliphatic heterocycles. The van der Waals surface area contributed by atoms with Crippen LogP contribution in [-0.4, -0.2) is 36.5 Å². The van der Waals surface area contributed by atoms with E-state index in [1.54, 1.807) is 45.0 Å². The van der Waals surface area contributed by atoms with Crippen molar-refractivity contribution in [1.29, 1.82) is 0 Å². The molecule has 0 spiro atoms. The first-order valence-electron chi connectivity index (χ1n) is 9.76. The Morgan fingerprint density at radius 2 is 1.32 bits per heavy atom. The largest absolute Gasteiger partial charge is 0.508 e. The van der Waals surface area contributed by atoms with Crippen LogP contribution in [0.1, 0.15) is 31.9 Å². The maximum atomic E-state index is 12.4. The Hall–Kier alpha value is -3.55. The number of esters is 1. The van der Waals surface area contributed by atoms with Crippen LogP contribution in [0.5, 0.6) is 0 Å². The third kappa shape index (κ3) is 9.66. The molecule has 0 radical (unpaired) electrons. The number of carbonyl (C=O) groups is 3. The van der Waals surface area contributed by atoms with Crippen LogP contribution in [0.3, 0.4) is 0 Å². The molecule has 1 amide bonds. The summed E-state index contributed by atoms with van der Waals surface area (Å²) in [5, 5.41) is 2.37. The standard InChI is InChI=1S/C23H27NO7/c1-23(2,3)31-20(25)19(24-21(26)28-14-17-10-6-4-7-11-17)16-30-22(27)29-15-18-12-8-5-9-13-18/h4-13,19H,14-16H2,1-3H3,(H,24,26)/t19-/m0/s1. The lowest BCUT2D eigenvalue weighted by atomic mass is 10.2. The molecule has 0 heterocycles. The molecule has 0 bridgehead atoms.